The second-order valence-electron chi connectivity index (χ2n) is 4.46. The summed E-state index contributed by atoms with van der Waals surface area (Å²) in [6, 6.07) is 9.08. The van der Waals surface area contributed by atoms with Crippen LogP contribution in [0.3, 0.4) is 0 Å². The van der Waals surface area contributed by atoms with E-state index in [0.29, 0.717) is 0 Å². The van der Waals surface area contributed by atoms with Crippen LogP contribution < -0.4 is 5.32 Å². The van der Waals surface area contributed by atoms with Gasteiger partial charge >= 0.3 is 0 Å². The molecule has 1 aromatic carbocycles. The molecule has 1 atom stereocenters. The maximum absolute atomic E-state index is 13.0. The first-order valence-corrected chi connectivity index (χ1v) is 6.05. The molecule has 0 unspecified atom stereocenters. The maximum Gasteiger partial charge on any atom is 0.123 e. The van der Waals surface area contributed by atoms with Crippen LogP contribution in [0, 0.1) is 12.7 Å². The highest BCUT2D eigenvalue weighted by molar-refractivity contribution is 5.26. The van der Waals surface area contributed by atoms with Gasteiger partial charge in [-0.25, -0.2) is 4.39 Å². The van der Waals surface area contributed by atoms with Crippen LogP contribution in [0.15, 0.2) is 42.7 Å². The first-order valence-electron chi connectivity index (χ1n) is 6.05. The molecule has 2 rings (SSSR count). The van der Waals surface area contributed by atoms with Gasteiger partial charge < -0.3 is 5.32 Å². The van der Waals surface area contributed by atoms with Crippen molar-refractivity contribution in [2.24, 2.45) is 0 Å². The molecule has 2 aromatic rings. The molecule has 0 bridgehead atoms. The molecule has 0 saturated heterocycles. The van der Waals surface area contributed by atoms with E-state index < -0.39 is 0 Å². The predicted octanol–water partition coefficient (Wildman–Crippen LogP) is 3.38. The second-order valence-corrected chi connectivity index (χ2v) is 4.46. The minimum atomic E-state index is -0.184. The molecule has 3 heteroatoms. The smallest absolute Gasteiger partial charge is 0.123 e. The number of pyridine rings is 1. The van der Waals surface area contributed by atoms with Crippen molar-refractivity contribution in [3.05, 3.63) is 65.2 Å². The molecule has 0 fully saturated rings. The largest absolute Gasteiger partial charge is 0.306 e. The maximum atomic E-state index is 13.0. The third-order valence-corrected chi connectivity index (χ3v) is 3.09. The Hall–Kier alpha value is -1.74. The summed E-state index contributed by atoms with van der Waals surface area (Å²) in [4.78, 5) is 4.10. The zero-order valence-corrected chi connectivity index (χ0v) is 10.7. The molecule has 1 aromatic heterocycles. The fourth-order valence-corrected chi connectivity index (χ4v) is 1.87. The van der Waals surface area contributed by atoms with Crippen molar-refractivity contribution in [3.8, 4) is 0 Å². The molecule has 18 heavy (non-hydrogen) atoms. The van der Waals surface area contributed by atoms with E-state index in [4.69, 9.17) is 0 Å². The average Bonchev–Trinajstić information content (AvgIpc) is 2.38. The summed E-state index contributed by atoms with van der Waals surface area (Å²) in [5.41, 5.74) is 3.24. The number of hydrogen-bond acceptors (Lipinski definition) is 2. The topological polar surface area (TPSA) is 24.9 Å². The summed E-state index contributed by atoms with van der Waals surface area (Å²) >= 11 is 0. The molecule has 0 radical (unpaired) electrons. The van der Waals surface area contributed by atoms with E-state index in [0.717, 1.165) is 23.2 Å². The Kier molecular flexibility index (Phi) is 4.05. The van der Waals surface area contributed by atoms with Crippen LogP contribution in [0.25, 0.3) is 0 Å². The van der Waals surface area contributed by atoms with Crippen molar-refractivity contribution in [1.29, 1.82) is 0 Å². The summed E-state index contributed by atoms with van der Waals surface area (Å²) in [6.07, 6.45) is 3.62. The van der Waals surface area contributed by atoms with Crippen molar-refractivity contribution in [1.82, 2.24) is 10.3 Å². The van der Waals surface area contributed by atoms with E-state index in [1.807, 2.05) is 31.3 Å². The lowest BCUT2D eigenvalue weighted by atomic mass is 10.1. The minimum absolute atomic E-state index is 0.184. The van der Waals surface area contributed by atoms with Gasteiger partial charge in [0.1, 0.15) is 5.82 Å². The third kappa shape index (κ3) is 3.14. The summed E-state index contributed by atoms with van der Waals surface area (Å²) in [5, 5.41) is 3.41. The fraction of sp³-hybridized carbons (Fsp3) is 0.267. The number of nitrogens with zero attached hydrogens (tertiary/aromatic N) is 1. The zero-order valence-electron chi connectivity index (χ0n) is 10.7. The molecule has 0 aliphatic heterocycles. The van der Waals surface area contributed by atoms with Gasteiger partial charge in [-0.15, -0.1) is 0 Å². The fourth-order valence-electron chi connectivity index (χ4n) is 1.87. The Morgan fingerprint density at radius 1 is 1.33 bits per heavy atom. The first-order chi connectivity index (χ1) is 8.66. The Morgan fingerprint density at radius 3 is 2.83 bits per heavy atom. The summed E-state index contributed by atoms with van der Waals surface area (Å²) in [5.74, 6) is -0.184. The molecule has 1 heterocycles. The van der Waals surface area contributed by atoms with E-state index in [1.54, 1.807) is 12.3 Å². The molecule has 0 spiro atoms. The van der Waals surface area contributed by atoms with Crippen molar-refractivity contribution < 1.29 is 4.39 Å². The van der Waals surface area contributed by atoms with Crippen molar-refractivity contribution >= 4 is 0 Å². The number of hydrogen-bond donors (Lipinski definition) is 1. The molecule has 1 N–H and O–H groups in total. The summed E-state index contributed by atoms with van der Waals surface area (Å²) in [6.45, 7) is 4.74. The van der Waals surface area contributed by atoms with Gasteiger partial charge in [-0.3, -0.25) is 4.98 Å². The van der Waals surface area contributed by atoms with Crippen LogP contribution in [0.2, 0.25) is 0 Å². The van der Waals surface area contributed by atoms with Crippen molar-refractivity contribution in [2.45, 2.75) is 26.4 Å². The van der Waals surface area contributed by atoms with Gasteiger partial charge in [0.2, 0.25) is 0 Å². The average molecular weight is 244 g/mol. The lowest BCUT2D eigenvalue weighted by Crippen LogP contribution is -2.18. The third-order valence-electron chi connectivity index (χ3n) is 3.09. The first kappa shape index (κ1) is 12.7. The van der Waals surface area contributed by atoms with E-state index in [9.17, 15) is 4.39 Å². The molecule has 2 nitrogen and oxygen atoms in total. The SMILES string of the molecule is Cc1cc(F)ccc1CN[C@H](C)c1cccnc1. The van der Waals surface area contributed by atoms with Gasteiger partial charge in [-0.1, -0.05) is 12.1 Å². The predicted molar refractivity (Wildman–Crippen MR) is 70.6 cm³/mol. The molecular weight excluding hydrogens is 227 g/mol. The van der Waals surface area contributed by atoms with Gasteiger partial charge in [0.15, 0.2) is 0 Å². The van der Waals surface area contributed by atoms with Crippen molar-refractivity contribution in [2.75, 3.05) is 0 Å². The number of aromatic nitrogens is 1. The van der Waals surface area contributed by atoms with Crippen molar-refractivity contribution in [3.63, 3.8) is 0 Å². The van der Waals surface area contributed by atoms with Gasteiger partial charge in [-0.2, -0.15) is 0 Å². The van der Waals surface area contributed by atoms with Gasteiger partial charge in [0.25, 0.3) is 0 Å². The standard InChI is InChI=1S/C15H17FN2/c1-11-8-15(16)6-5-13(11)10-18-12(2)14-4-3-7-17-9-14/h3-9,12,18H,10H2,1-2H3/t12-/m1/s1. The molecule has 0 saturated carbocycles. The highest BCUT2D eigenvalue weighted by Crippen LogP contribution is 2.14. The lowest BCUT2D eigenvalue weighted by Gasteiger charge is -2.15. The van der Waals surface area contributed by atoms with E-state index in [-0.39, 0.29) is 11.9 Å². The second kappa shape index (κ2) is 5.74. The molecular formula is C15H17FN2. The van der Waals surface area contributed by atoms with Gasteiger partial charge in [-0.05, 0) is 48.7 Å². The highest BCUT2D eigenvalue weighted by Gasteiger charge is 2.06. The van der Waals surface area contributed by atoms with Crippen LogP contribution in [0.5, 0.6) is 0 Å². The number of benzene rings is 1. The van der Waals surface area contributed by atoms with E-state index in [2.05, 4.69) is 17.2 Å². The van der Waals surface area contributed by atoms with Crippen LogP contribution in [-0.4, -0.2) is 4.98 Å². The summed E-state index contributed by atoms with van der Waals surface area (Å²) in [7, 11) is 0. The van der Waals surface area contributed by atoms with E-state index in [1.165, 1.54) is 6.07 Å². The Bertz CT molecular complexity index is 511. The Morgan fingerprint density at radius 2 is 2.17 bits per heavy atom. The lowest BCUT2D eigenvalue weighted by molar-refractivity contribution is 0.569. The number of rotatable bonds is 4. The van der Waals surface area contributed by atoms with Crippen LogP contribution in [-0.2, 0) is 6.54 Å². The van der Waals surface area contributed by atoms with Gasteiger partial charge in [0.05, 0.1) is 0 Å². The van der Waals surface area contributed by atoms with E-state index >= 15 is 0 Å². The van der Waals surface area contributed by atoms with Crippen LogP contribution in [0.4, 0.5) is 4.39 Å². The summed E-state index contributed by atoms with van der Waals surface area (Å²) < 4.78 is 13.0. The van der Waals surface area contributed by atoms with Crippen LogP contribution >= 0.6 is 0 Å². The number of aryl methyl sites for hydroxylation is 1. The normalized spacial score (nSPS) is 12.4. The monoisotopic (exact) mass is 244 g/mol. The quantitative estimate of drug-likeness (QED) is 0.891. The molecule has 0 aliphatic carbocycles. The van der Waals surface area contributed by atoms with Crippen LogP contribution in [0.1, 0.15) is 29.7 Å². The molecule has 94 valence electrons. The number of halogens is 1. The highest BCUT2D eigenvalue weighted by atomic mass is 19.1. The molecule has 0 amide bonds. The Balaban J connectivity index is 1.99. The van der Waals surface area contributed by atoms with Gasteiger partial charge in [0, 0.05) is 25.0 Å². The minimum Gasteiger partial charge on any atom is -0.306 e. The zero-order chi connectivity index (χ0) is 13.0. The number of nitrogens with one attached hydrogen (secondary N) is 1. The molecule has 0 aliphatic rings. The Labute approximate surface area is 107 Å².